The lowest BCUT2D eigenvalue weighted by atomic mass is 9.94. The molecule has 1 aliphatic rings. The number of thiazole rings is 1. The summed E-state index contributed by atoms with van der Waals surface area (Å²) in [5.41, 5.74) is 1.56. The smallest absolute Gasteiger partial charge is 0.338 e. The number of aromatic nitrogens is 1. The van der Waals surface area contributed by atoms with Gasteiger partial charge in [0.25, 0.3) is 5.56 Å². The molecule has 1 aliphatic heterocycles. The van der Waals surface area contributed by atoms with E-state index in [-0.39, 0.29) is 24.3 Å². The normalized spacial score (nSPS) is 14.7. The zero-order valence-corrected chi connectivity index (χ0v) is 26.7. The zero-order chi connectivity index (χ0) is 30.4. The van der Waals surface area contributed by atoms with Crippen LogP contribution in [-0.4, -0.2) is 58.8 Å². The fraction of sp³-hybridized carbons (Fsp3) is 0.367. The minimum atomic E-state index is -0.884. The summed E-state index contributed by atoms with van der Waals surface area (Å²) in [4.78, 5) is 32.8. The van der Waals surface area contributed by atoms with E-state index in [0.29, 0.717) is 60.2 Å². The number of rotatable bonds is 12. The van der Waals surface area contributed by atoms with Gasteiger partial charge in [0.1, 0.15) is 24.1 Å². The minimum Gasteiger partial charge on any atom is -0.496 e. The highest BCUT2D eigenvalue weighted by Crippen LogP contribution is 2.41. The predicted molar refractivity (Wildman–Crippen MR) is 163 cm³/mol. The number of carbonyl (C=O) groups is 1. The lowest BCUT2D eigenvalue weighted by Gasteiger charge is -2.27. The maximum absolute atomic E-state index is 14.2. The number of carbonyl (C=O) groups excluding carboxylic acids is 1. The van der Waals surface area contributed by atoms with Crippen LogP contribution in [0.2, 0.25) is 0 Å². The Morgan fingerprint density at radius 2 is 1.79 bits per heavy atom. The van der Waals surface area contributed by atoms with Crippen molar-refractivity contribution in [2.45, 2.75) is 26.3 Å². The van der Waals surface area contributed by atoms with Crippen LogP contribution in [0.25, 0.3) is 6.08 Å². The maximum atomic E-state index is 14.2. The third-order valence-electron chi connectivity index (χ3n) is 6.53. The molecule has 0 radical (unpaired) electrons. The van der Waals surface area contributed by atoms with Gasteiger partial charge in [0.05, 0.1) is 54.8 Å². The van der Waals surface area contributed by atoms with Gasteiger partial charge in [0.15, 0.2) is 16.3 Å². The molecule has 1 aromatic heterocycles. The largest absolute Gasteiger partial charge is 0.496 e. The number of nitrogens with zero attached hydrogens (tertiary/aromatic N) is 2. The highest BCUT2D eigenvalue weighted by Gasteiger charge is 2.36. The Labute approximate surface area is 255 Å². The van der Waals surface area contributed by atoms with E-state index in [4.69, 9.17) is 28.4 Å². The fourth-order valence-corrected chi connectivity index (χ4v) is 6.14. The number of hydrogen-bond donors (Lipinski definition) is 0. The van der Waals surface area contributed by atoms with Crippen LogP contribution in [0.4, 0.5) is 0 Å². The van der Waals surface area contributed by atoms with Crippen LogP contribution in [0.1, 0.15) is 37.4 Å². The van der Waals surface area contributed by atoms with Crippen molar-refractivity contribution in [2.75, 3.05) is 48.3 Å². The topological polar surface area (TPSA) is 107 Å². The van der Waals surface area contributed by atoms with Crippen molar-refractivity contribution >= 4 is 39.3 Å². The van der Waals surface area contributed by atoms with Gasteiger partial charge in [-0.25, -0.2) is 9.79 Å². The Hall–Kier alpha value is -3.61. The van der Waals surface area contributed by atoms with Gasteiger partial charge in [-0.1, -0.05) is 30.4 Å². The first kappa shape index (κ1) is 31.3. The molecule has 1 atom stereocenters. The summed E-state index contributed by atoms with van der Waals surface area (Å²) in [7, 11) is 6.18. The molecule has 2 heterocycles. The maximum Gasteiger partial charge on any atom is 0.338 e. The third-order valence-corrected chi connectivity index (χ3v) is 8.13. The van der Waals surface area contributed by atoms with Gasteiger partial charge in [-0.2, -0.15) is 0 Å². The van der Waals surface area contributed by atoms with E-state index in [0.717, 1.165) is 6.42 Å². The molecule has 42 heavy (non-hydrogen) atoms. The van der Waals surface area contributed by atoms with Crippen molar-refractivity contribution in [3.63, 3.8) is 0 Å². The van der Waals surface area contributed by atoms with Gasteiger partial charge in [-0.3, -0.25) is 9.36 Å². The average Bonchev–Trinajstić information content (AvgIpc) is 3.29. The third kappa shape index (κ3) is 6.25. The molecule has 12 heteroatoms. The second kappa shape index (κ2) is 14.0. The highest BCUT2D eigenvalue weighted by molar-refractivity contribution is 9.10. The van der Waals surface area contributed by atoms with E-state index < -0.39 is 12.0 Å². The van der Waals surface area contributed by atoms with E-state index in [2.05, 4.69) is 20.9 Å². The Kier molecular flexibility index (Phi) is 10.5. The minimum absolute atomic E-state index is 0.0483. The molecule has 10 nitrogen and oxygen atoms in total. The van der Waals surface area contributed by atoms with E-state index in [1.165, 1.54) is 23.0 Å². The van der Waals surface area contributed by atoms with Crippen molar-refractivity contribution in [3.05, 3.63) is 76.9 Å². The average molecular weight is 662 g/mol. The van der Waals surface area contributed by atoms with Crippen molar-refractivity contribution in [2.24, 2.45) is 4.99 Å². The summed E-state index contributed by atoms with van der Waals surface area (Å²) in [6, 6.07) is 8.06. The van der Waals surface area contributed by atoms with Gasteiger partial charge in [-0.05, 0) is 47.5 Å². The zero-order valence-electron chi connectivity index (χ0n) is 24.3. The van der Waals surface area contributed by atoms with Crippen molar-refractivity contribution in [1.82, 2.24) is 4.57 Å². The molecule has 0 spiro atoms. The number of ether oxygens (including phenoxy) is 6. The van der Waals surface area contributed by atoms with E-state index >= 15 is 0 Å². The predicted octanol–water partition coefficient (Wildman–Crippen LogP) is 4.00. The molecule has 3 aromatic rings. The van der Waals surface area contributed by atoms with Crippen molar-refractivity contribution < 1.29 is 33.2 Å². The quantitative estimate of drug-likeness (QED) is 0.212. The molecule has 0 saturated heterocycles. The van der Waals surface area contributed by atoms with E-state index in [1.807, 2.05) is 19.1 Å². The van der Waals surface area contributed by atoms with Crippen molar-refractivity contribution in [3.8, 4) is 23.0 Å². The lowest BCUT2D eigenvalue weighted by molar-refractivity contribution is -0.140. The number of halogens is 1. The summed E-state index contributed by atoms with van der Waals surface area (Å²) in [5.74, 6) is 1.45. The first-order valence-electron chi connectivity index (χ1n) is 13.2. The number of fused-ring (bicyclic) bond motifs is 1. The number of allylic oxidation sites excluding steroid dienone is 1. The first-order chi connectivity index (χ1) is 20.3. The molecule has 4 rings (SSSR count). The summed E-state index contributed by atoms with van der Waals surface area (Å²) < 4.78 is 35.9. The number of methoxy groups -OCH3 is 4. The molecular weight excluding hydrogens is 628 g/mol. The molecule has 224 valence electrons. The van der Waals surface area contributed by atoms with Crippen LogP contribution in [0, 0.1) is 0 Å². The van der Waals surface area contributed by atoms with Crippen LogP contribution in [0.3, 0.4) is 0 Å². The number of benzene rings is 2. The molecule has 0 aliphatic carbocycles. The van der Waals surface area contributed by atoms with Gasteiger partial charge in [0, 0.05) is 24.3 Å². The van der Waals surface area contributed by atoms with Gasteiger partial charge >= 0.3 is 5.97 Å². The van der Waals surface area contributed by atoms with Gasteiger partial charge < -0.3 is 28.4 Å². The molecule has 0 saturated carbocycles. The molecular formula is C30H33BrN2O8S. The van der Waals surface area contributed by atoms with Crippen LogP contribution in [0.15, 0.2) is 55.9 Å². The van der Waals surface area contributed by atoms with E-state index in [1.54, 1.807) is 52.5 Å². The molecule has 2 aromatic carbocycles. The monoisotopic (exact) mass is 660 g/mol. The number of esters is 1. The van der Waals surface area contributed by atoms with E-state index in [9.17, 15) is 9.59 Å². The Morgan fingerprint density at radius 1 is 1.05 bits per heavy atom. The summed E-state index contributed by atoms with van der Waals surface area (Å²) in [6.45, 7) is 4.41. The fourth-order valence-electron chi connectivity index (χ4n) is 4.58. The second-order valence-electron chi connectivity index (χ2n) is 9.17. The molecule has 0 unspecified atom stereocenters. The standard InChI is InChI=1S/C30H33BrN2O8S/c1-7-11-40-27-19(9-8-10-21(27)37-4)26-25(29(35)41-13-12-36-3)17(2)32-30-33(26)28(34)24(42-30)15-18-14-20(31)23(39-6)16-22(18)38-5/h8-10,14-16,26H,7,11-13H2,1-6H3/b24-15+/t26-/m0/s1. The molecule has 0 fully saturated rings. The molecule has 0 N–H and O–H groups in total. The Balaban J connectivity index is 1.98. The SMILES string of the molecule is CCCOc1c(OC)cccc1[C@H]1C(C(=O)OCCOC)=C(C)N=c2s/c(=C/c3cc(Br)c(OC)cc3OC)c(=O)n21. The summed E-state index contributed by atoms with van der Waals surface area (Å²) >= 11 is 4.72. The lowest BCUT2D eigenvalue weighted by Crippen LogP contribution is -2.40. The number of para-hydroxylation sites is 1. The summed E-state index contributed by atoms with van der Waals surface area (Å²) in [6.07, 6.45) is 2.49. The number of hydrogen-bond acceptors (Lipinski definition) is 10. The Bertz CT molecular complexity index is 1680. The van der Waals surface area contributed by atoms with Crippen LogP contribution >= 0.6 is 27.3 Å². The van der Waals surface area contributed by atoms with Crippen LogP contribution in [0.5, 0.6) is 23.0 Å². The van der Waals surface area contributed by atoms with Crippen LogP contribution in [-0.2, 0) is 14.3 Å². The molecule has 0 amide bonds. The second-order valence-corrected chi connectivity index (χ2v) is 11.0. The Morgan fingerprint density at radius 3 is 2.45 bits per heavy atom. The van der Waals surface area contributed by atoms with Gasteiger partial charge in [0.2, 0.25) is 0 Å². The van der Waals surface area contributed by atoms with Gasteiger partial charge in [-0.15, -0.1) is 0 Å². The summed E-state index contributed by atoms with van der Waals surface area (Å²) in [5, 5.41) is 0. The van der Waals surface area contributed by atoms with Crippen molar-refractivity contribution in [1.29, 1.82) is 0 Å². The first-order valence-corrected chi connectivity index (χ1v) is 14.8. The molecule has 0 bridgehead atoms. The highest BCUT2D eigenvalue weighted by atomic mass is 79.9. The van der Waals surface area contributed by atoms with Crippen LogP contribution < -0.4 is 33.8 Å².